The molecule has 2 rings (SSSR count). The highest BCUT2D eigenvalue weighted by Crippen LogP contribution is 2.30. The lowest BCUT2D eigenvalue weighted by atomic mass is 10.2. The number of hydrogen-bond acceptors (Lipinski definition) is 4. The summed E-state index contributed by atoms with van der Waals surface area (Å²) in [6.45, 7) is 1.66. The topological polar surface area (TPSA) is 89.7 Å². The number of carboxylic acids is 1. The molecule has 0 aromatic heterocycles. The number of nitro groups is 1. The first-order valence-electron chi connectivity index (χ1n) is 5.74. The van der Waals surface area contributed by atoms with E-state index >= 15 is 0 Å². The van der Waals surface area contributed by atoms with Gasteiger partial charge in [-0.3, -0.25) is 10.1 Å². The molecule has 6 heteroatoms. The highest BCUT2D eigenvalue weighted by atomic mass is 16.6. The number of carboxylic acid groups (broad SMARTS) is 1. The molecule has 2 aromatic carbocycles. The second kappa shape index (κ2) is 5.40. The maximum atomic E-state index is 11.1. The maximum Gasteiger partial charge on any atom is 0.339 e. The predicted molar refractivity (Wildman–Crippen MR) is 71.3 cm³/mol. The van der Waals surface area contributed by atoms with E-state index in [1.807, 2.05) is 0 Å². The molecule has 2 aromatic rings. The van der Waals surface area contributed by atoms with Gasteiger partial charge in [0.2, 0.25) is 0 Å². The van der Waals surface area contributed by atoms with Crippen LogP contribution in [-0.2, 0) is 0 Å². The first-order chi connectivity index (χ1) is 9.49. The van der Waals surface area contributed by atoms with Gasteiger partial charge in [-0.15, -0.1) is 0 Å². The van der Waals surface area contributed by atoms with Crippen molar-refractivity contribution >= 4 is 11.7 Å². The van der Waals surface area contributed by atoms with Gasteiger partial charge in [-0.25, -0.2) is 4.79 Å². The predicted octanol–water partition coefficient (Wildman–Crippen LogP) is 3.39. The number of aromatic carboxylic acids is 1. The Morgan fingerprint density at radius 1 is 1.20 bits per heavy atom. The highest BCUT2D eigenvalue weighted by molar-refractivity contribution is 5.90. The standard InChI is InChI=1S/C14H11NO5/c1-9-8-10(15(18)19)6-7-12(9)20-13-5-3-2-4-11(13)14(16)17/h2-8H,1H3,(H,16,17). The molecule has 1 N–H and O–H groups in total. The van der Waals surface area contributed by atoms with Crippen LogP contribution in [0.4, 0.5) is 5.69 Å². The van der Waals surface area contributed by atoms with Gasteiger partial charge in [0.25, 0.3) is 5.69 Å². The number of nitro benzene ring substituents is 1. The number of benzene rings is 2. The first kappa shape index (κ1) is 13.5. The molecule has 0 unspecified atom stereocenters. The molecule has 0 aliphatic heterocycles. The molecule has 0 bridgehead atoms. The number of rotatable bonds is 4. The molecule has 0 fully saturated rings. The first-order valence-corrected chi connectivity index (χ1v) is 5.74. The van der Waals surface area contributed by atoms with E-state index in [1.165, 1.54) is 30.3 Å². The van der Waals surface area contributed by atoms with Crippen LogP contribution in [0, 0.1) is 17.0 Å². The molecule has 0 aliphatic rings. The van der Waals surface area contributed by atoms with Gasteiger partial charge >= 0.3 is 5.97 Å². The van der Waals surface area contributed by atoms with Crippen LogP contribution >= 0.6 is 0 Å². The molecule has 6 nitrogen and oxygen atoms in total. The Kier molecular flexibility index (Phi) is 3.65. The van der Waals surface area contributed by atoms with E-state index in [1.54, 1.807) is 19.1 Å². The van der Waals surface area contributed by atoms with E-state index in [0.29, 0.717) is 11.3 Å². The van der Waals surface area contributed by atoms with Crippen molar-refractivity contribution in [2.24, 2.45) is 0 Å². The minimum Gasteiger partial charge on any atom is -0.478 e. The minimum atomic E-state index is -1.10. The van der Waals surface area contributed by atoms with Crippen LogP contribution in [0.5, 0.6) is 11.5 Å². The van der Waals surface area contributed by atoms with E-state index in [-0.39, 0.29) is 17.0 Å². The lowest BCUT2D eigenvalue weighted by Gasteiger charge is -2.10. The van der Waals surface area contributed by atoms with Crippen LogP contribution in [0.25, 0.3) is 0 Å². The molecular formula is C14H11NO5. The number of non-ortho nitro benzene ring substituents is 1. The number of ether oxygens (including phenoxy) is 1. The minimum absolute atomic E-state index is 0.0326. The van der Waals surface area contributed by atoms with Crippen molar-refractivity contribution < 1.29 is 19.6 Å². The van der Waals surface area contributed by atoms with Gasteiger partial charge in [-0.1, -0.05) is 12.1 Å². The van der Waals surface area contributed by atoms with Crippen molar-refractivity contribution in [3.63, 3.8) is 0 Å². The fourth-order valence-corrected chi connectivity index (χ4v) is 1.71. The van der Waals surface area contributed by atoms with Crippen molar-refractivity contribution in [3.8, 4) is 11.5 Å². The van der Waals surface area contributed by atoms with Crippen molar-refractivity contribution in [1.82, 2.24) is 0 Å². The number of nitrogens with zero attached hydrogens (tertiary/aromatic N) is 1. The van der Waals surface area contributed by atoms with Crippen LogP contribution < -0.4 is 4.74 Å². The summed E-state index contributed by atoms with van der Waals surface area (Å²) in [4.78, 5) is 21.2. The third kappa shape index (κ3) is 2.74. The third-order valence-electron chi connectivity index (χ3n) is 2.71. The van der Waals surface area contributed by atoms with Gasteiger partial charge < -0.3 is 9.84 Å². The molecule has 0 aliphatic carbocycles. The molecule has 0 amide bonds. The Bertz CT molecular complexity index is 681. The van der Waals surface area contributed by atoms with E-state index < -0.39 is 10.9 Å². The summed E-state index contributed by atoms with van der Waals surface area (Å²) in [5.74, 6) is -0.526. The van der Waals surface area contributed by atoms with Gasteiger partial charge in [0.15, 0.2) is 0 Å². The zero-order valence-corrected chi connectivity index (χ0v) is 10.6. The van der Waals surface area contributed by atoms with E-state index in [4.69, 9.17) is 9.84 Å². The van der Waals surface area contributed by atoms with Gasteiger partial charge in [0.1, 0.15) is 17.1 Å². The Hall–Kier alpha value is -2.89. The molecule has 102 valence electrons. The normalized spacial score (nSPS) is 10.1. The zero-order valence-electron chi connectivity index (χ0n) is 10.6. The lowest BCUT2D eigenvalue weighted by Crippen LogP contribution is -2.00. The number of para-hydroxylation sites is 1. The summed E-state index contributed by atoms with van der Waals surface area (Å²) in [5.41, 5.74) is 0.547. The molecule has 0 spiro atoms. The smallest absolute Gasteiger partial charge is 0.339 e. The Morgan fingerprint density at radius 2 is 1.90 bits per heavy atom. The van der Waals surface area contributed by atoms with Gasteiger partial charge in [0.05, 0.1) is 4.92 Å². The quantitative estimate of drug-likeness (QED) is 0.681. The number of aryl methyl sites for hydroxylation is 1. The molecule has 20 heavy (non-hydrogen) atoms. The van der Waals surface area contributed by atoms with Crippen molar-refractivity contribution in [1.29, 1.82) is 0 Å². The van der Waals surface area contributed by atoms with Crippen LogP contribution in [0.3, 0.4) is 0 Å². The summed E-state index contributed by atoms with van der Waals surface area (Å²) in [6, 6.07) is 10.3. The summed E-state index contributed by atoms with van der Waals surface area (Å²) < 4.78 is 5.53. The second-order valence-corrected chi connectivity index (χ2v) is 4.11. The second-order valence-electron chi connectivity index (χ2n) is 4.11. The molecule has 0 saturated heterocycles. The van der Waals surface area contributed by atoms with Crippen LogP contribution in [0.15, 0.2) is 42.5 Å². The number of carbonyl (C=O) groups is 1. The van der Waals surface area contributed by atoms with Crippen LogP contribution in [0.1, 0.15) is 15.9 Å². The molecule has 0 heterocycles. The Morgan fingerprint density at radius 3 is 2.50 bits per heavy atom. The van der Waals surface area contributed by atoms with E-state index in [2.05, 4.69) is 0 Å². The van der Waals surface area contributed by atoms with Crippen molar-refractivity contribution in [2.75, 3.05) is 0 Å². The van der Waals surface area contributed by atoms with Gasteiger partial charge in [-0.2, -0.15) is 0 Å². The average Bonchev–Trinajstić information content (AvgIpc) is 2.41. The molecule has 0 saturated carbocycles. The Labute approximate surface area is 114 Å². The largest absolute Gasteiger partial charge is 0.478 e. The Balaban J connectivity index is 2.36. The van der Waals surface area contributed by atoms with Crippen LogP contribution in [-0.4, -0.2) is 16.0 Å². The maximum absolute atomic E-state index is 11.1. The monoisotopic (exact) mass is 273 g/mol. The van der Waals surface area contributed by atoms with Gasteiger partial charge in [0, 0.05) is 12.1 Å². The summed E-state index contributed by atoms with van der Waals surface area (Å²) in [7, 11) is 0. The summed E-state index contributed by atoms with van der Waals surface area (Å²) in [5, 5.41) is 19.7. The molecule has 0 radical (unpaired) electrons. The SMILES string of the molecule is Cc1cc([N+](=O)[O-])ccc1Oc1ccccc1C(=O)O. The van der Waals surface area contributed by atoms with Crippen molar-refractivity contribution in [3.05, 3.63) is 63.7 Å². The summed E-state index contributed by atoms with van der Waals surface area (Å²) in [6.07, 6.45) is 0. The highest BCUT2D eigenvalue weighted by Gasteiger charge is 2.14. The zero-order chi connectivity index (χ0) is 14.7. The summed E-state index contributed by atoms with van der Waals surface area (Å²) >= 11 is 0. The van der Waals surface area contributed by atoms with E-state index in [0.717, 1.165) is 0 Å². The average molecular weight is 273 g/mol. The lowest BCUT2D eigenvalue weighted by molar-refractivity contribution is -0.384. The van der Waals surface area contributed by atoms with Gasteiger partial charge in [-0.05, 0) is 30.7 Å². The van der Waals surface area contributed by atoms with E-state index in [9.17, 15) is 14.9 Å². The van der Waals surface area contributed by atoms with Crippen molar-refractivity contribution in [2.45, 2.75) is 6.92 Å². The fourth-order valence-electron chi connectivity index (χ4n) is 1.71. The molecular weight excluding hydrogens is 262 g/mol. The van der Waals surface area contributed by atoms with Crippen LogP contribution in [0.2, 0.25) is 0 Å². The number of hydrogen-bond donors (Lipinski definition) is 1. The fraction of sp³-hybridized carbons (Fsp3) is 0.0714. The molecule has 0 atom stereocenters. The third-order valence-corrected chi connectivity index (χ3v) is 2.71.